The molecule has 0 radical (unpaired) electrons. The van der Waals surface area contributed by atoms with E-state index in [9.17, 15) is 9.59 Å². The summed E-state index contributed by atoms with van der Waals surface area (Å²) in [6.07, 6.45) is 0. The van der Waals surface area contributed by atoms with Crippen molar-refractivity contribution in [1.82, 2.24) is 20.4 Å². The number of thiocarbonyl (C=S) groups is 1. The van der Waals surface area contributed by atoms with Gasteiger partial charge in [0.25, 0.3) is 5.91 Å². The first-order valence-electron chi connectivity index (χ1n) is 9.25. The highest BCUT2D eigenvalue weighted by atomic mass is 32.1. The van der Waals surface area contributed by atoms with Crippen molar-refractivity contribution < 1.29 is 9.59 Å². The molecule has 0 aliphatic carbocycles. The van der Waals surface area contributed by atoms with Crippen molar-refractivity contribution >= 4 is 50.6 Å². The normalized spacial score (nSPS) is 10.7. The van der Waals surface area contributed by atoms with Gasteiger partial charge in [0.1, 0.15) is 4.83 Å². The Labute approximate surface area is 182 Å². The first-order valence-corrected chi connectivity index (χ1v) is 10.5. The van der Waals surface area contributed by atoms with Crippen LogP contribution in [-0.2, 0) is 0 Å². The van der Waals surface area contributed by atoms with E-state index in [0.29, 0.717) is 10.4 Å². The fraction of sp³-hybridized carbons (Fsp3) is 0.0909. The Balaban J connectivity index is 1.44. The van der Waals surface area contributed by atoms with E-state index in [1.54, 1.807) is 24.3 Å². The number of carbonyl (C=O) groups excluding carboxylic acids is 2. The number of fused-ring (bicyclic) bond motifs is 1. The van der Waals surface area contributed by atoms with Crippen LogP contribution in [-0.4, -0.2) is 33.1 Å². The summed E-state index contributed by atoms with van der Waals surface area (Å²) in [6, 6.07) is 20.5. The fourth-order valence-corrected chi connectivity index (χ4v) is 4.24. The van der Waals surface area contributed by atoms with Crippen molar-refractivity contribution in [2.75, 3.05) is 6.54 Å². The van der Waals surface area contributed by atoms with Crippen molar-refractivity contribution in [2.45, 2.75) is 6.92 Å². The van der Waals surface area contributed by atoms with Gasteiger partial charge in [-0.3, -0.25) is 14.9 Å². The van der Waals surface area contributed by atoms with Gasteiger partial charge in [-0.15, -0.1) is 11.3 Å². The number of aryl methyl sites for hydroxylation is 1. The number of amides is 1. The predicted octanol–water partition coefficient (Wildman–Crippen LogP) is 3.88. The molecular formula is C22H18N4O2S2. The van der Waals surface area contributed by atoms with E-state index < -0.39 is 0 Å². The molecule has 8 heteroatoms. The molecule has 2 N–H and O–H groups in total. The molecule has 2 heterocycles. The lowest BCUT2D eigenvalue weighted by atomic mass is 10.1. The number of hydrogen-bond donors (Lipinski definition) is 2. The van der Waals surface area contributed by atoms with Gasteiger partial charge in [-0.1, -0.05) is 48.5 Å². The van der Waals surface area contributed by atoms with E-state index in [0.717, 1.165) is 21.6 Å². The van der Waals surface area contributed by atoms with Crippen LogP contribution in [0, 0.1) is 6.92 Å². The Kier molecular flexibility index (Phi) is 5.69. The van der Waals surface area contributed by atoms with Gasteiger partial charge in [0.05, 0.1) is 22.8 Å². The molecule has 2 aromatic carbocycles. The first kappa shape index (κ1) is 19.9. The molecule has 4 aromatic rings. The van der Waals surface area contributed by atoms with Crippen molar-refractivity contribution in [3.63, 3.8) is 0 Å². The molecule has 0 spiro atoms. The SMILES string of the molecule is Cc1nn(-c2ccccc2)c2sc(C(=O)NC(=S)NCC(=O)c3ccccc3)cc12. The third-order valence-corrected chi connectivity index (χ3v) is 5.86. The molecule has 0 bridgehead atoms. The molecule has 1 amide bonds. The molecule has 0 unspecified atom stereocenters. The second-order valence-corrected chi connectivity index (χ2v) is 8.03. The van der Waals surface area contributed by atoms with Crippen LogP contribution in [0.4, 0.5) is 0 Å². The van der Waals surface area contributed by atoms with Crippen molar-refractivity contribution in [2.24, 2.45) is 0 Å². The lowest BCUT2D eigenvalue weighted by Gasteiger charge is -2.08. The first-order chi connectivity index (χ1) is 14.5. The molecule has 150 valence electrons. The Bertz CT molecular complexity index is 1230. The number of para-hydroxylation sites is 1. The summed E-state index contributed by atoms with van der Waals surface area (Å²) in [4.78, 5) is 26.2. The lowest BCUT2D eigenvalue weighted by molar-refractivity contribution is 0.0970. The number of ketones is 1. The van der Waals surface area contributed by atoms with E-state index in [1.165, 1.54) is 11.3 Å². The van der Waals surface area contributed by atoms with E-state index in [1.807, 2.05) is 54.1 Å². The second kappa shape index (κ2) is 8.56. The van der Waals surface area contributed by atoms with E-state index in [4.69, 9.17) is 12.2 Å². The number of rotatable bonds is 5. The topological polar surface area (TPSA) is 76.0 Å². The number of aromatic nitrogens is 2. The zero-order valence-corrected chi connectivity index (χ0v) is 17.7. The molecule has 0 aliphatic rings. The maximum absolute atomic E-state index is 12.7. The van der Waals surface area contributed by atoms with Crippen LogP contribution in [0.2, 0.25) is 0 Å². The summed E-state index contributed by atoms with van der Waals surface area (Å²) < 4.78 is 1.83. The van der Waals surface area contributed by atoms with Crippen LogP contribution in [0.25, 0.3) is 15.9 Å². The number of nitrogens with one attached hydrogen (secondary N) is 2. The maximum atomic E-state index is 12.7. The third-order valence-electron chi connectivity index (χ3n) is 4.50. The number of Topliss-reactive ketones (excluding diaryl/α,β-unsaturated/α-hetero) is 1. The molecular weight excluding hydrogens is 416 g/mol. The second-order valence-electron chi connectivity index (χ2n) is 6.59. The number of carbonyl (C=O) groups is 2. The van der Waals surface area contributed by atoms with Gasteiger partial charge in [-0.25, -0.2) is 4.68 Å². The summed E-state index contributed by atoms with van der Waals surface area (Å²) >= 11 is 6.52. The van der Waals surface area contributed by atoms with Crippen molar-refractivity contribution in [1.29, 1.82) is 0 Å². The summed E-state index contributed by atoms with van der Waals surface area (Å²) in [5, 5.41) is 11.1. The van der Waals surface area contributed by atoms with Crippen molar-refractivity contribution in [3.05, 3.63) is 82.9 Å². The van der Waals surface area contributed by atoms with Crippen LogP contribution >= 0.6 is 23.6 Å². The van der Waals surface area contributed by atoms with Crippen molar-refractivity contribution in [3.8, 4) is 5.69 Å². The minimum atomic E-state index is -0.320. The molecule has 0 fully saturated rings. The molecule has 30 heavy (non-hydrogen) atoms. The largest absolute Gasteiger partial charge is 0.355 e. The van der Waals surface area contributed by atoms with Gasteiger partial charge in [0.2, 0.25) is 0 Å². The Hall–Kier alpha value is -3.36. The summed E-state index contributed by atoms with van der Waals surface area (Å²) in [6.45, 7) is 1.93. The minimum Gasteiger partial charge on any atom is -0.355 e. The minimum absolute atomic E-state index is 0.0115. The van der Waals surface area contributed by atoms with E-state index in [2.05, 4.69) is 15.7 Å². The average molecular weight is 435 g/mol. The summed E-state index contributed by atoms with van der Waals surface area (Å²) in [5.41, 5.74) is 2.36. The average Bonchev–Trinajstić information content (AvgIpc) is 3.34. The zero-order valence-electron chi connectivity index (χ0n) is 16.1. The van der Waals surface area contributed by atoms with Gasteiger partial charge >= 0.3 is 0 Å². The van der Waals surface area contributed by atoms with Gasteiger partial charge in [-0.05, 0) is 37.3 Å². The quantitative estimate of drug-likeness (QED) is 0.368. The van der Waals surface area contributed by atoms with Gasteiger partial charge in [-0.2, -0.15) is 5.10 Å². The third kappa shape index (κ3) is 4.14. The van der Waals surface area contributed by atoms with Crippen LogP contribution in [0.1, 0.15) is 25.7 Å². The molecule has 0 aliphatic heterocycles. The van der Waals surface area contributed by atoms with Crippen LogP contribution in [0.3, 0.4) is 0 Å². The van der Waals surface area contributed by atoms with Crippen LogP contribution in [0.15, 0.2) is 66.7 Å². The van der Waals surface area contributed by atoms with Gasteiger partial charge < -0.3 is 5.32 Å². The fourth-order valence-electron chi connectivity index (χ4n) is 3.00. The van der Waals surface area contributed by atoms with E-state index >= 15 is 0 Å². The van der Waals surface area contributed by atoms with Gasteiger partial charge in [0.15, 0.2) is 10.9 Å². The molecule has 2 aromatic heterocycles. The Morgan fingerprint density at radius 2 is 1.73 bits per heavy atom. The summed E-state index contributed by atoms with van der Waals surface area (Å²) in [7, 11) is 0. The summed E-state index contributed by atoms with van der Waals surface area (Å²) in [5.74, 6) is -0.424. The highest BCUT2D eigenvalue weighted by Gasteiger charge is 2.18. The highest BCUT2D eigenvalue weighted by molar-refractivity contribution is 7.80. The molecule has 0 atom stereocenters. The zero-order chi connectivity index (χ0) is 21.1. The molecule has 4 rings (SSSR count). The predicted molar refractivity (Wildman–Crippen MR) is 123 cm³/mol. The molecule has 0 saturated carbocycles. The molecule has 0 saturated heterocycles. The maximum Gasteiger partial charge on any atom is 0.267 e. The lowest BCUT2D eigenvalue weighted by Crippen LogP contribution is -2.41. The Morgan fingerprint density at radius 1 is 1.07 bits per heavy atom. The number of thiophene rings is 1. The van der Waals surface area contributed by atoms with Gasteiger partial charge in [0, 0.05) is 10.9 Å². The monoisotopic (exact) mass is 434 g/mol. The number of benzene rings is 2. The van der Waals surface area contributed by atoms with E-state index in [-0.39, 0.29) is 23.3 Å². The highest BCUT2D eigenvalue weighted by Crippen LogP contribution is 2.30. The number of nitrogens with zero attached hydrogens (tertiary/aromatic N) is 2. The van der Waals surface area contributed by atoms with Crippen LogP contribution in [0.5, 0.6) is 0 Å². The standard InChI is InChI=1S/C22H18N4O2S2/c1-14-17-12-19(30-21(17)26(25-14)16-10-6-3-7-11-16)20(28)24-22(29)23-13-18(27)15-8-4-2-5-9-15/h2-12H,13H2,1H3,(H2,23,24,28,29). The smallest absolute Gasteiger partial charge is 0.267 e. The Morgan fingerprint density at radius 3 is 2.43 bits per heavy atom. The van der Waals surface area contributed by atoms with Crippen LogP contribution < -0.4 is 10.6 Å². The number of hydrogen-bond acceptors (Lipinski definition) is 5. The molecule has 6 nitrogen and oxygen atoms in total.